The van der Waals surface area contributed by atoms with Crippen LogP contribution < -0.4 is 10.1 Å². The normalized spacial score (nSPS) is 11.0. The molecule has 0 unspecified atom stereocenters. The molecule has 0 radical (unpaired) electrons. The smallest absolute Gasteiger partial charge is 0.124 e. The zero-order valence-corrected chi connectivity index (χ0v) is 14.5. The second-order valence-corrected chi connectivity index (χ2v) is 6.17. The molecular weight excluding hydrogens is 310 g/mol. The van der Waals surface area contributed by atoms with E-state index in [1.807, 2.05) is 36.5 Å². The van der Waals surface area contributed by atoms with Crippen LogP contribution in [0.2, 0.25) is 5.02 Å². The maximum absolute atomic E-state index is 6.12. The Labute approximate surface area is 143 Å². The molecule has 0 atom stereocenters. The maximum atomic E-state index is 6.12. The van der Waals surface area contributed by atoms with Crippen molar-refractivity contribution < 1.29 is 4.74 Å². The van der Waals surface area contributed by atoms with Crippen LogP contribution in [0.3, 0.4) is 0 Å². The minimum Gasteiger partial charge on any atom is -0.489 e. The zero-order chi connectivity index (χ0) is 16.5. The molecular formula is C18H24ClN3O. The van der Waals surface area contributed by atoms with Crippen molar-refractivity contribution in [2.75, 3.05) is 27.2 Å². The number of halogens is 1. The number of pyridine rings is 1. The molecule has 23 heavy (non-hydrogen) atoms. The van der Waals surface area contributed by atoms with E-state index in [1.54, 1.807) is 6.20 Å². The van der Waals surface area contributed by atoms with Crippen molar-refractivity contribution in [2.24, 2.45) is 0 Å². The lowest BCUT2D eigenvalue weighted by Crippen LogP contribution is -2.21. The van der Waals surface area contributed by atoms with E-state index < -0.39 is 0 Å². The number of nitrogens with one attached hydrogen (secondary N) is 1. The summed E-state index contributed by atoms with van der Waals surface area (Å²) in [5, 5.41) is 4.17. The van der Waals surface area contributed by atoms with Gasteiger partial charge in [0.25, 0.3) is 0 Å². The maximum Gasteiger partial charge on any atom is 0.124 e. The van der Waals surface area contributed by atoms with E-state index in [2.05, 4.69) is 29.3 Å². The second-order valence-electron chi connectivity index (χ2n) is 5.74. The van der Waals surface area contributed by atoms with E-state index in [1.165, 1.54) is 0 Å². The summed E-state index contributed by atoms with van der Waals surface area (Å²) in [6.07, 6.45) is 4.68. The van der Waals surface area contributed by atoms with Gasteiger partial charge in [-0.25, -0.2) is 0 Å². The summed E-state index contributed by atoms with van der Waals surface area (Å²) in [5.41, 5.74) is 2.12. The van der Waals surface area contributed by atoms with Gasteiger partial charge < -0.3 is 15.0 Å². The molecule has 5 heteroatoms. The van der Waals surface area contributed by atoms with Gasteiger partial charge in [-0.05, 0) is 57.9 Å². The van der Waals surface area contributed by atoms with Crippen LogP contribution in [0.15, 0.2) is 42.7 Å². The number of nitrogens with zero attached hydrogens (tertiary/aromatic N) is 2. The molecule has 1 heterocycles. The van der Waals surface area contributed by atoms with Gasteiger partial charge in [-0.15, -0.1) is 0 Å². The van der Waals surface area contributed by atoms with E-state index in [0.29, 0.717) is 6.61 Å². The minimum atomic E-state index is 0.503. The number of aromatic nitrogens is 1. The van der Waals surface area contributed by atoms with Gasteiger partial charge in [0.05, 0.1) is 0 Å². The summed E-state index contributed by atoms with van der Waals surface area (Å²) in [6.45, 7) is 3.29. The molecule has 1 aromatic heterocycles. The SMILES string of the molecule is CN(C)CCCNCc1cc(Cl)ccc1OCc1cccnc1. The Morgan fingerprint density at radius 1 is 1.26 bits per heavy atom. The van der Waals surface area contributed by atoms with Crippen LogP contribution in [0.1, 0.15) is 17.5 Å². The first kappa shape index (κ1) is 17.7. The van der Waals surface area contributed by atoms with E-state index in [9.17, 15) is 0 Å². The average molecular weight is 334 g/mol. The first-order chi connectivity index (χ1) is 11.1. The Morgan fingerprint density at radius 2 is 2.13 bits per heavy atom. The van der Waals surface area contributed by atoms with Gasteiger partial charge in [0.2, 0.25) is 0 Å². The molecule has 0 spiro atoms. The standard InChI is InChI=1S/C18H24ClN3O/c1-22(2)10-4-9-21-13-16-11-17(19)6-7-18(16)23-14-15-5-3-8-20-12-15/h3,5-8,11-12,21H,4,9-10,13-14H2,1-2H3. The highest BCUT2D eigenvalue weighted by molar-refractivity contribution is 6.30. The molecule has 1 aromatic carbocycles. The van der Waals surface area contributed by atoms with Crippen LogP contribution in [-0.4, -0.2) is 37.1 Å². The summed E-state index contributed by atoms with van der Waals surface area (Å²) in [6, 6.07) is 9.65. The van der Waals surface area contributed by atoms with Crippen molar-refractivity contribution in [3.05, 3.63) is 58.9 Å². The van der Waals surface area contributed by atoms with Crippen LogP contribution in [0.25, 0.3) is 0 Å². The molecule has 0 saturated heterocycles. The fraction of sp³-hybridized carbons (Fsp3) is 0.389. The topological polar surface area (TPSA) is 37.4 Å². The fourth-order valence-corrected chi connectivity index (χ4v) is 2.41. The molecule has 0 aliphatic heterocycles. The van der Waals surface area contributed by atoms with E-state index in [-0.39, 0.29) is 0 Å². The lowest BCUT2D eigenvalue weighted by molar-refractivity contribution is 0.301. The predicted octanol–water partition coefficient (Wildman–Crippen LogP) is 3.36. The second kappa shape index (κ2) is 9.50. The highest BCUT2D eigenvalue weighted by Gasteiger charge is 2.05. The minimum absolute atomic E-state index is 0.503. The lowest BCUT2D eigenvalue weighted by atomic mass is 10.2. The highest BCUT2D eigenvalue weighted by atomic mass is 35.5. The molecule has 0 bridgehead atoms. The Bertz CT molecular complexity index is 590. The molecule has 0 saturated carbocycles. The van der Waals surface area contributed by atoms with E-state index >= 15 is 0 Å². The number of ether oxygens (including phenoxy) is 1. The summed E-state index contributed by atoms with van der Waals surface area (Å²) in [5.74, 6) is 0.860. The third-order valence-electron chi connectivity index (χ3n) is 3.41. The number of rotatable bonds is 9. The molecule has 4 nitrogen and oxygen atoms in total. The van der Waals surface area contributed by atoms with Crippen molar-refractivity contribution in [1.82, 2.24) is 15.2 Å². The lowest BCUT2D eigenvalue weighted by Gasteiger charge is -2.14. The van der Waals surface area contributed by atoms with Crippen LogP contribution in [0.5, 0.6) is 5.75 Å². The molecule has 0 aliphatic carbocycles. The number of hydrogen-bond donors (Lipinski definition) is 1. The first-order valence-electron chi connectivity index (χ1n) is 7.81. The van der Waals surface area contributed by atoms with Crippen LogP contribution >= 0.6 is 11.6 Å². The van der Waals surface area contributed by atoms with Crippen molar-refractivity contribution in [1.29, 1.82) is 0 Å². The van der Waals surface area contributed by atoms with Gasteiger partial charge >= 0.3 is 0 Å². The predicted molar refractivity (Wildman–Crippen MR) is 94.9 cm³/mol. The summed E-state index contributed by atoms with van der Waals surface area (Å²) in [4.78, 5) is 6.28. The highest BCUT2D eigenvalue weighted by Crippen LogP contribution is 2.23. The monoisotopic (exact) mass is 333 g/mol. The quantitative estimate of drug-likeness (QED) is 0.714. The molecule has 0 amide bonds. The summed E-state index contributed by atoms with van der Waals surface area (Å²) >= 11 is 6.12. The molecule has 2 rings (SSSR count). The van der Waals surface area contributed by atoms with Crippen LogP contribution in [0, 0.1) is 0 Å². The number of hydrogen-bond acceptors (Lipinski definition) is 4. The largest absolute Gasteiger partial charge is 0.489 e. The Kier molecular flexibility index (Phi) is 7.33. The van der Waals surface area contributed by atoms with Crippen LogP contribution in [0.4, 0.5) is 0 Å². The van der Waals surface area contributed by atoms with Crippen LogP contribution in [-0.2, 0) is 13.2 Å². The molecule has 0 aliphatic rings. The van der Waals surface area contributed by atoms with Gasteiger partial charge in [-0.2, -0.15) is 0 Å². The van der Waals surface area contributed by atoms with Crippen molar-refractivity contribution in [3.8, 4) is 5.75 Å². The molecule has 1 N–H and O–H groups in total. The third kappa shape index (κ3) is 6.57. The van der Waals surface area contributed by atoms with Gasteiger partial charge in [0, 0.05) is 35.1 Å². The van der Waals surface area contributed by atoms with E-state index in [0.717, 1.165) is 48.0 Å². The number of benzene rings is 1. The Morgan fingerprint density at radius 3 is 2.87 bits per heavy atom. The van der Waals surface area contributed by atoms with Crippen molar-refractivity contribution in [3.63, 3.8) is 0 Å². The Balaban J connectivity index is 1.89. The van der Waals surface area contributed by atoms with Crippen molar-refractivity contribution in [2.45, 2.75) is 19.6 Å². The Hall–Kier alpha value is -1.62. The fourth-order valence-electron chi connectivity index (χ4n) is 2.21. The van der Waals surface area contributed by atoms with E-state index in [4.69, 9.17) is 16.3 Å². The summed E-state index contributed by atoms with van der Waals surface area (Å²) in [7, 11) is 4.17. The average Bonchev–Trinajstić information content (AvgIpc) is 2.54. The third-order valence-corrected chi connectivity index (χ3v) is 3.65. The van der Waals surface area contributed by atoms with Gasteiger partial charge in [-0.1, -0.05) is 17.7 Å². The first-order valence-corrected chi connectivity index (χ1v) is 8.18. The van der Waals surface area contributed by atoms with Crippen molar-refractivity contribution >= 4 is 11.6 Å². The van der Waals surface area contributed by atoms with Gasteiger partial charge in [0.15, 0.2) is 0 Å². The molecule has 124 valence electrons. The molecule has 0 fully saturated rings. The van der Waals surface area contributed by atoms with Gasteiger partial charge in [-0.3, -0.25) is 4.98 Å². The zero-order valence-electron chi connectivity index (χ0n) is 13.8. The molecule has 2 aromatic rings. The summed E-state index contributed by atoms with van der Waals surface area (Å²) < 4.78 is 5.93. The van der Waals surface area contributed by atoms with Gasteiger partial charge in [0.1, 0.15) is 12.4 Å².